The Balaban J connectivity index is 1.82. The second-order valence-corrected chi connectivity index (χ2v) is 5.16. The maximum Gasteiger partial charge on any atom is 0.163 e. The van der Waals surface area contributed by atoms with E-state index in [2.05, 4.69) is 28.5 Å². The molecule has 0 bridgehead atoms. The van der Waals surface area contributed by atoms with E-state index in [-0.39, 0.29) is 6.04 Å². The number of nitrogens with zero attached hydrogens (tertiary/aromatic N) is 3. The lowest BCUT2D eigenvalue weighted by molar-refractivity contribution is 0.467. The molecule has 21 heavy (non-hydrogen) atoms. The van der Waals surface area contributed by atoms with Gasteiger partial charge in [0.2, 0.25) is 0 Å². The zero-order valence-electron chi connectivity index (χ0n) is 12.4. The number of furan rings is 1. The van der Waals surface area contributed by atoms with Crippen LogP contribution in [0.1, 0.15) is 24.5 Å². The topological polar surface area (TPSA) is 55.9 Å². The van der Waals surface area contributed by atoms with Crippen molar-refractivity contribution in [2.24, 2.45) is 7.05 Å². The van der Waals surface area contributed by atoms with Crippen LogP contribution in [0.25, 0.3) is 11.4 Å². The summed E-state index contributed by atoms with van der Waals surface area (Å²) in [6.07, 6.45) is 1.70. The normalized spacial score (nSPS) is 12.3. The van der Waals surface area contributed by atoms with Crippen molar-refractivity contribution in [3.8, 4) is 11.4 Å². The predicted molar refractivity (Wildman–Crippen MR) is 81.9 cm³/mol. The molecule has 0 radical (unpaired) electrons. The Bertz CT molecular complexity index is 744. The third-order valence-corrected chi connectivity index (χ3v) is 3.40. The quantitative estimate of drug-likeness (QED) is 0.795. The van der Waals surface area contributed by atoms with Crippen LogP contribution in [0.2, 0.25) is 0 Å². The zero-order valence-corrected chi connectivity index (χ0v) is 12.4. The van der Waals surface area contributed by atoms with E-state index in [4.69, 9.17) is 4.42 Å². The fourth-order valence-electron chi connectivity index (χ4n) is 2.30. The van der Waals surface area contributed by atoms with Gasteiger partial charge in [0.25, 0.3) is 0 Å². The van der Waals surface area contributed by atoms with Crippen molar-refractivity contribution >= 4 is 5.69 Å². The van der Waals surface area contributed by atoms with E-state index in [1.54, 1.807) is 6.33 Å². The first-order valence-electron chi connectivity index (χ1n) is 6.91. The Morgan fingerprint density at radius 2 is 2.10 bits per heavy atom. The molecule has 1 aromatic carbocycles. The molecule has 0 fully saturated rings. The molecule has 1 N–H and O–H groups in total. The lowest BCUT2D eigenvalue weighted by atomic mass is 10.1. The summed E-state index contributed by atoms with van der Waals surface area (Å²) in [5.41, 5.74) is 2.06. The van der Waals surface area contributed by atoms with E-state index in [1.165, 1.54) is 0 Å². The molecule has 5 nitrogen and oxygen atoms in total. The van der Waals surface area contributed by atoms with Crippen molar-refractivity contribution in [2.75, 3.05) is 5.32 Å². The fraction of sp³-hybridized carbons (Fsp3) is 0.250. The second-order valence-electron chi connectivity index (χ2n) is 5.16. The molecule has 0 spiro atoms. The summed E-state index contributed by atoms with van der Waals surface area (Å²) in [7, 11) is 1.93. The molecule has 2 aromatic heterocycles. The van der Waals surface area contributed by atoms with Crippen molar-refractivity contribution in [1.82, 2.24) is 14.8 Å². The van der Waals surface area contributed by atoms with Gasteiger partial charge in [-0.3, -0.25) is 0 Å². The molecule has 0 aliphatic rings. The molecule has 3 rings (SSSR count). The highest BCUT2D eigenvalue weighted by Gasteiger charge is 2.10. The largest absolute Gasteiger partial charge is 0.464 e. The summed E-state index contributed by atoms with van der Waals surface area (Å²) in [4.78, 5) is 0. The second kappa shape index (κ2) is 5.44. The van der Waals surface area contributed by atoms with Crippen LogP contribution < -0.4 is 5.32 Å². The standard InChI is InChI=1S/C16H18N4O/c1-11-7-8-15(21-11)12(2)18-14-6-4-5-13(9-14)16-19-17-10-20(16)3/h4-10,12,18H,1-3H3. The maximum atomic E-state index is 5.65. The average molecular weight is 282 g/mol. The highest BCUT2D eigenvalue weighted by atomic mass is 16.3. The van der Waals surface area contributed by atoms with Crippen molar-refractivity contribution < 1.29 is 4.42 Å². The number of benzene rings is 1. The highest BCUT2D eigenvalue weighted by molar-refractivity contribution is 5.62. The Morgan fingerprint density at radius 1 is 1.24 bits per heavy atom. The lowest BCUT2D eigenvalue weighted by Gasteiger charge is -2.13. The van der Waals surface area contributed by atoms with Gasteiger partial charge in [-0.05, 0) is 38.1 Å². The smallest absolute Gasteiger partial charge is 0.163 e. The van der Waals surface area contributed by atoms with Crippen molar-refractivity contribution in [3.63, 3.8) is 0 Å². The number of hydrogen-bond acceptors (Lipinski definition) is 4. The Labute approximate surface area is 123 Å². The molecule has 0 aliphatic carbocycles. The third kappa shape index (κ3) is 2.81. The number of rotatable bonds is 4. The molecular formula is C16H18N4O. The van der Waals surface area contributed by atoms with Gasteiger partial charge in [-0.15, -0.1) is 10.2 Å². The summed E-state index contributed by atoms with van der Waals surface area (Å²) >= 11 is 0. The van der Waals surface area contributed by atoms with E-state index in [1.807, 2.05) is 48.9 Å². The predicted octanol–water partition coefficient (Wildman–Crippen LogP) is 3.56. The van der Waals surface area contributed by atoms with Crippen LogP contribution in [0.4, 0.5) is 5.69 Å². The molecule has 2 heterocycles. The van der Waals surface area contributed by atoms with Crippen LogP contribution in [0, 0.1) is 6.92 Å². The summed E-state index contributed by atoms with van der Waals surface area (Å²) < 4.78 is 7.55. The van der Waals surface area contributed by atoms with Gasteiger partial charge in [0.1, 0.15) is 17.8 Å². The number of hydrogen-bond donors (Lipinski definition) is 1. The molecule has 3 aromatic rings. The van der Waals surface area contributed by atoms with Gasteiger partial charge in [-0.2, -0.15) is 0 Å². The van der Waals surface area contributed by atoms with E-state index < -0.39 is 0 Å². The average Bonchev–Trinajstić information content (AvgIpc) is 3.08. The molecular weight excluding hydrogens is 264 g/mol. The molecule has 1 unspecified atom stereocenters. The molecule has 0 saturated carbocycles. The summed E-state index contributed by atoms with van der Waals surface area (Å²) in [5, 5.41) is 11.5. The van der Waals surface area contributed by atoms with Crippen molar-refractivity contribution in [2.45, 2.75) is 19.9 Å². The van der Waals surface area contributed by atoms with Crippen LogP contribution in [0.5, 0.6) is 0 Å². The first-order chi connectivity index (χ1) is 10.1. The zero-order chi connectivity index (χ0) is 14.8. The number of nitrogens with one attached hydrogen (secondary N) is 1. The minimum Gasteiger partial charge on any atom is -0.464 e. The SMILES string of the molecule is Cc1ccc(C(C)Nc2cccc(-c3nncn3C)c2)o1. The molecule has 5 heteroatoms. The van der Waals surface area contributed by atoms with E-state index in [9.17, 15) is 0 Å². The van der Waals surface area contributed by atoms with E-state index >= 15 is 0 Å². The number of aromatic nitrogens is 3. The Morgan fingerprint density at radius 3 is 2.76 bits per heavy atom. The minimum atomic E-state index is 0.105. The van der Waals surface area contributed by atoms with E-state index in [0.29, 0.717) is 0 Å². The van der Waals surface area contributed by atoms with Crippen LogP contribution in [0.15, 0.2) is 47.1 Å². The summed E-state index contributed by atoms with van der Waals surface area (Å²) in [5.74, 6) is 2.70. The van der Waals surface area contributed by atoms with Gasteiger partial charge in [-0.1, -0.05) is 12.1 Å². The molecule has 0 saturated heterocycles. The number of anilines is 1. The first kappa shape index (κ1) is 13.4. The van der Waals surface area contributed by atoms with Gasteiger partial charge in [0.15, 0.2) is 5.82 Å². The molecule has 0 amide bonds. The van der Waals surface area contributed by atoms with Gasteiger partial charge < -0.3 is 14.3 Å². The van der Waals surface area contributed by atoms with Crippen molar-refractivity contribution in [3.05, 3.63) is 54.2 Å². The van der Waals surface area contributed by atoms with Crippen LogP contribution >= 0.6 is 0 Å². The lowest BCUT2D eigenvalue weighted by Crippen LogP contribution is -2.05. The third-order valence-electron chi connectivity index (χ3n) is 3.40. The molecule has 1 atom stereocenters. The monoisotopic (exact) mass is 282 g/mol. The van der Waals surface area contributed by atoms with Gasteiger partial charge in [0, 0.05) is 18.3 Å². The van der Waals surface area contributed by atoms with Crippen LogP contribution in [0.3, 0.4) is 0 Å². The molecule has 108 valence electrons. The van der Waals surface area contributed by atoms with Gasteiger partial charge in [0.05, 0.1) is 6.04 Å². The Kier molecular flexibility index (Phi) is 3.48. The van der Waals surface area contributed by atoms with Crippen LogP contribution in [-0.4, -0.2) is 14.8 Å². The molecule has 0 aliphatic heterocycles. The van der Waals surface area contributed by atoms with Crippen LogP contribution in [-0.2, 0) is 7.05 Å². The highest BCUT2D eigenvalue weighted by Crippen LogP contribution is 2.24. The summed E-state index contributed by atoms with van der Waals surface area (Å²) in [6, 6.07) is 12.2. The minimum absolute atomic E-state index is 0.105. The van der Waals surface area contributed by atoms with Crippen molar-refractivity contribution in [1.29, 1.82) is 0 Å². The van der Waals surface area contributed by atoms with Gasteiger partial charge >= 0.3 is 0 Å². The summed E-state index contributed by atoms with van der Waals surface area (Å²) in [6.45, 7) is 4.03. The first-order valence-corrected chi connectivity index (χ1v) is 6.91. The maximum absolute atomic E-state index is 5.65. The fourth-order valence-corrected chi connectivity index (χ4v) is 2.30. The van der Waals surface area contributed by atoms with Gasteiger partial charge in [-0.25, -0.2) is 0 Å². The van der Waals surface area contributed by atoms with E-state index in [0.717, 1.165) is 28.6 Å². The number of aryl methyl sites for hydroxylation is 2. The Hall–Kier alpha value is -2.56.